The fourth-order valence-corrected chi connectivity index (χ4v) is 2.73. The maximum atomic E-state index is 12.4. The minimum atomic E-state index is -0.683. The molecule has 4 aliphatic rings. The van der Waals surface area contributed by atoms with Gasteiger partial charge in [0.25, 0.3) is 0 Å². The average Bonchev–Trinajstić information content (AvgIpc) is 3.37. The summed E-state index contributed by atoms with van der Waals surface area (Å²) in [5.41, 5.74) is 1.20. The molecule has 3 fully saturated rings. The molecule has 0 aromatic heterocycles. The Kier molecular flexibility index (Phi) is 4.39. The van der Waals surface area contributed by atoms with Crippen LogP contribution in [0, 0.1) is 0 Å². The lowest BCUT2D eigenvalue weighted by Gasteiger charge is -2.21. The van der Waals surface area contributed by atoms with Gasteiger partial charge in [-0.3, -0.25) is 9.59 Å². The molecule has 4 rings (SSSR count). The summed E-state index contributed by atoms with van der Waals surface area (Å²) in [5.74, 6) is 0.0485. The largest absolute Gasteiger partial charge is 0.478 e. The standard InChI is InChI=1S/C12H13N3O2.C3H7O2P/c16-9-7-8(13-1-2-13)12(17)11(15-5-6-15)10(9)14-3-4-14;1-2-6-3(4)5/h7H,1-6H2;6H,2H2,1H3,(H,4,5). The molecule has 23 heavy (non-hydrogen) atoms. The summed E-state index contributed by atoms with van der Waals surface area (Å²) in [6.07, 6.45) is 2.28. The highest BCUT2D eigenvalue weighted by Crippen LogP contribution is 2.33. The van der Waals surface area contributed by atoms with Gasteiger partial charge in [0, 0.05) is 45.3 Å². The third-order valence-electron chi connectivity index (χ3n) is 3.82. The number of hydrogen-bond donors (Lipinski definition) is 1. The zero-order valence-corrected chi connectivity index (χ0v) is 14.0. The average molecular weight is 337 g/mol. The van der Waals surface area contributed by atoms with Gasteiger partial charge in [0.15, 0.2) is 0 Å². The van der Waals surface area contributed by atoms with Crippen LogP contribution in [0.1, 0.15) is 6.92 Å². The molecule has 0 spiro atoms. The number of rotatable bonds is 5. The van der Waals surface area contributed by atoms with Crippen LogP contribution in [-0.2, 0) is 9.59 Å². The molecule has 0 aromatic carbocycles. The van der Waals surface area contributed by atoms with Crippen molar-refractivity contribution in [1.82, 2.24) is 14.7 Å². The molecule has 3 saturated heterocycles. The summed E-state index contributed by atoms with van der Waals surface area (Å²) in [6.45, 7) is 7.26. The Balaban J connectivity index is 0.000000227. The minimum absolute atomic E-state index is 0.00546. The molecule has 8 heteroatoms. The lowest BCUT2D eigenvalue weighted by Crippen LogP contribution is -2.29. The number of hydrogen-bond acceptors (Lipinski definition) is 6. The fraction of sp³-hybridized carbons (Fsp3) is 0.533. The van der Waals surface area contributed by atoms with E-state index in [4.69, 9.17) is 5.11 Å². The molecular weight excluding hydrogens is 317 g/mol. The Morgan fingerprint density at radius 3 is 1.96 bits per heavy atom. The molecule has 0 bridgehead atoms. The van der Waals surface area contributed by atoms with Gasteiger partial charge in [-0.2, -0.15) is 0 Å². The number of carboxylic acid groups (broad SMARTS) is 1. The second kappa shape index (κ2) is 6.32. The number of carbonyl (C=O) groups is 3. The van der Waals surface area contributed by atoms with Crippen LogP contribution in [0.5, 0.6) is 0 Å². The molecule has 1 atom stereocenters. The predicted octanol–water partition coefficient (Wildman–Crippen LogP) is 0.543. The van der Waals surface area contributed by atoms with Gasteiger partial charge in [0.2, 0.25) is 11.6 Å². The molecule has 1 aliphatic carbocycles. The van der Waals surface area contributed by atoms with Crippen LogP contribution in [0.4, 0.5) is 4.79 Å². The number of allylic oxidation sites excluding steroid dienone is 1. The van der Waals surface area contributed by atoms with Crippen molar-refractivity contribution in [3.8, 4) is 0 Å². The topological polar surface area (TPSA) is 80.5 Å². The van der Waals surface area contributed by atoms with E-state index in [0.29, 0.717) is 17.1 Å². The number of ketones is 2. The summed E-state index contributed by atoms with van der Waals surface area (Å²) in [6, 6.07) is 0. The zero-order valence-electron chi connectivity index (χ0n) is 13.0. The van der Waals surface area contributed by atoms with E-state index in [1.54, 1.807) is 0 Å². The lowest BCUT2D eigenvalue weighted by atomic mass is 10.0. The number of carbonyl (C=O) groups excluding carboxylic acids is 2. The fourth-order valence-electron chi connectivity index (χ4n) is 2.43. The molecule has 1 unspecified atom stereocenters. The van der Waals surface area contributed by atoms with E-state index in [1.165, 1.54) is 6.08 Å². The molecule has 0 radical (unpaired) electrons. The molecule has 0 saturated carbocycles. The molecule has 3 aliphatic heterocycles. The van der Waals surface area contributed by atoms with Crippen LogP contribution in [-0.4, -0.2) is 82.5 Å². The highest BCUT2D eigenvalue weighted by molar-refractivity contribution is 7.56. The molecule has 1 N–H and O–H groups in total. The lowest BCUT2D eigenvalue weighted by molar-refractivity contribution is -0.117. The Hall–Kier alpha value is -1.88. The van der Waals surface area contributed by atoms with Crippen molar-refractivity contribution in [1.29, 1.82) is 0 Å². The monoisotopic (exact) mass is 337 g/mol. The van der Waals surface area contributed by atoms with Gasteiger partial charge in [0.1, 0.15) is 11.4 Å². The highest BCUT2D eigenvalue weighted by atomic mass is 31.1. The number of Topliss-reactive ketones (excluding diaryl/α,β-unsaturated/α-hetero) is 1. The van der Waals surface area contributed by atoms with Crippen molar-refractivity contribution in [2.24, 2.45) is 0 Å². The Morgan fingerprint density at radius 2 is 1.57 bits per heavy atom. The van der Waals surface area contributed by atoms with Gasteiger partial charge in [-0.05, 0) is 14.7 Å². The van der Waals surface area contributed by atoms with E-state index in [2.05, 4.69) is 0 Å². The second-order valence-corrected chi connectivity index (χ2v) is 7.21. The summed E-state index contributed by atoms with van der Waals surface area (Å²) in [7, 11) is 0.0880. The molecule has 0 amide bonds. The van der Waals surface area contributed by atoms with Gasteiger partial charge in [0.05, 0.1) is 5.70 Å². The zero-order chi connectivity index (χ0) is 16.6. The molecule has 7 nitrogen and oxygen atoms in total. The van der Waals surface area contributed by atoms with Gasteiger partial charge in [-0.15, -0.1) is 0 Å². The first-order chi connectivity index (χ1) is 11.0. The SMILES string of the molecule is CCPC(=O)O.O=C1C=C(N2CC2)C(=O)C(N2CC2)=C1N1CC1. The summed E-state index contributed by atoms with van der Waals surface area (Å²) >= 11 is 0. The van der Waals surface area contributed by atoms with Crippen molar-refractivity contribution in [2.75, 3.05) is 45.4 Å². The van der Waals surface area contributed by atoms with E-state index in [0.717, 1.165) is 45.4 Å². The van der Waals surface area contributed by atoms with Crippen LogP contribution in [0.25, 0.3) is 0 Å². The predicted molar refractivity (Wildman–Crippen MR) is 86.7 cm³/mol. The van der Waals surface area contributed by atoms with Gasteiger partial charge >= 0.3 is 5.71 Å². The van der Waals surface area contributed by atoms with Crippen molar-refractivity contribution < 1.29 is 19.5 Å². The van der Waals surface area contributed by atoms with Crippen LogP contribution in [0.15, 0.2) is 23.2 Å². The Bertz CT molecular complexity index is 616. The third-order valence-corrected chi connectivity index (χ3v) is 4.47. The minimum Gasteiger partial charge on any atom is -0.478 e. The first kappa shape index (κ1) is 16.0. The van der Waals surface area contributed by atoms with Gasteiger partial charge in [-0.25, -0.2) is 4.79 Å². The van der Waals surface area contributed by atoms with Crippen LogP contribution < -0.4 is 0 Å². The van der Waals surface area contributed by atoms with E-state index in [9.17, 15) is 14.4 Å². The van der Waals surface area contributed by atoms with Crippen LogP contribution in [0.2, 0.25) is 0 Å². The van der Waals surface area contributed by atoms with Crippen molar-refractivity contribution in [3.63, 3.8) is 0 Å². The Labute approximate surface area is 136 Å². The third kappa shape index (κ3) is 3.72. The van der Waals surface area contributed by atoms with Crippen LogP contribution in [0.3, 0.4) is 0 Å². The van der Waals surface area contributed by atoms with Gasteiger partial charge < -0.3 is 19.8 Å². The van der Waals surface area contributed by atoms with E-state index < -0.39 is 5.71 Å². The number of nitrogens with zero attached hydrogens (tertiary/aromatic N) is 3. The summed E-state index contributed by atoms with van der Waals surface area (Å²) in [5, 5.41) is 7.93. The normalized spacial score (nSPS) is 22.3. The smallest absolute Gasteiger partial charge is 0.320 e. The molecule has 3 heterocycles. The summed E-state index contributed by atoms with van der Waals surface area (Å²) in [4.78, 5) is 40.1. The van der Waals surface area contributed by atoms with E-state index in [1.807, 2.05) is 21.6 Å². The first-order valence-corrected chi connectivity index (χ1v) is 9.00. The first-order valence-electron chi connectivity index (χ1n) is 7.79. The highest BCUT2D eigenvalue weighted by Gasteiger charge is 2.43. The maximum Gasteiger partial charge on any atom is 0.320 e. The van der Waals surface area contributed by atoms with Crippen molar-refractivity contribution in [3.05, 3.63) is 23.2 Å². The van der Waals surface area contributed by atoms with E-state index >= 15 is 0 Å². The maximum absolute atomic E-state index is 12.4. The molecular formula is C15H20N3O4P. The molecule has 124 valence electrons. The van der Waals surface area contributed by atoms with Crippen molar-refractivity contribution in [2.45, 2.75) is 6.92 Å². The quantitative estimate of drug-likeness (QED) is 0.446. The summed E-state index contributed by atoms with van der Waals surface area (Å²) < 4.78 is 0. The second-order valence-electron chi connectivity index (χ2n) is 5.72. The van der Waals surface area contributed by atoms with Gasteiger partial charge in [-0.1, -0.05) is 6.92 Å². The molecule has 0 aromatic rings. The van der Waals surface area contributed by atoms with E-state index in [-0.39, 0.29) is 20.1 Å². The van der Waals surface area contributed by atoms with Crippen LogP contribution >= 0.6 is 8.58 Å². The Morgan fingerprint density at radius 1 is 1.04 bits per heavy atom. The van der Waals surface area contributed by atoms with Crippen molar-refractivity contribution >= 4 is 25.9 Å².